The Kier molecular flexibility index (Phi) is 4.18. The Bertz CT molecular complexity index is 84.1. The van der Waals surface area contributed by atoms with E-state index in [-0.39, 0.29) is 5.24 Å². The van der Waals surface area contributed by atoms with Crippen LogP contribution in [-0.2, 0) is 0 Å². The molecule has 0 rings (SSSR count). The predicted octanol–water partition coefficient (Wildman–Crippen LogP) is 1.29. The van der Waals surface area contributed by atoms with Gasteiger partial charge in [-0.05, 0) is 0 Å². The van der Waals surface area contributed by atoms with E-state index in [1.54, 1.807) is 14.1 Å². The molecule has 0 fully saturated rings. The van der Waals surface area contributed by atoms with Crippen molar-refractivity contribution in [2.75, 3.05) is 19.2 Å². The van der Waals surface area contributed by atoms with Gasteiger partial charge in [-0.2, -0.15) is 12.6 Å². The summed E-state index contributed by atoms with van der Waals surface area (Å²) in [5.74, 6) is 0. The number of carbonyl (C=O) groups is 1. The van der Waals surface area contributed by atoms with Crippen LogP contribution in [-0.4, -0.2) is 29.3 Å². The Morgan fingerprint density at radius 1 is 1.75 bits per heavy atom. The van der Waals surface area contributed by atoms with Crippen LogP contribution in [0.15, 0.2) is 0 Å². The summed E-state index contributed by atoms with van der Waals surface area (Å²) in [6.07, 6.45) is 0. The number of thiol groups is 1. The monoisotopic (exact) mass is 151 g/mol. The molecule has 0 N–H and O–H groups in total. The lowest BCUT2D eigenvalue weighted by molar-refractivity contribution is 0.241. The van der Waals surface area contributed by atoms with Gasteiger partial charge in [0, 0.05) is 19.2 Å². The Hall–Kier alpha value is 0.170. The van der Waals surface area contributed by atoms with Crippen molar-refractivity contribution < 1.29 is 4.79 Å². The lowest BCUT2D eigenvalue weighted by Crippen LogP contribution is -2.16. The third kappa shape index (κ3) is 3.21. The van der Waals surface area contributed by atoms with E-state index >= 15 is 0 Å². The third-order valence-corrected chi connectivity index (χ3v) is 1.68. The largest absolute Gasteiger partial charge is 0.340 e. The lowest BCUT2D eigenvalue weighted by Gasteiger charge is -2.06. The molecule has 0 aliphatic carbocycles. The van der Waals surface area contributed by atoms with Crippen LogP contribution in [0.3, 0.4) is 0 Å². The van der Waals surface area contributed by atoms with Gasteiger partial charge in [0.05, 0.1) is 0 Å². The summed E-state index contributed by atoms with van der Waals surface area (Å²) < 4.78 is 0. The standard InChI is InChI=1S/C4H9NOS2/c1-5(2)4(6)8-3-7/h7H,3H2,1-2H3. The van der Waals surface area contributed by atoms with Gasteiger partial charge in [0.25, 0.3) is 5.24 Å². The zero-order valence-corrected chi connectivity index (χ0v) is 6.63. The molecule has 0 aromatic rings. The highest BCUT2D eigenvalue weighted by molar-refractivity contribution is 8.20. The van der Waals surface area contributed by atoms with Gasteiger partial charge in [0.2, 0.25) is 0 Å². The molecule has 0 bridgehead atoms. The summed E-state index contributed by atoms with van der Waals surface area (Å²) in [5.41, 5.74) is 0. The van der Waals surface area contributed by atoms with Crippen LogP contribution >= 0.6 is 24.4 Å². The smallest absolute Gasteiger partial charge is 0.281 e. The van der Waals surface area contributed by atoms with Crippen LogP contribution in [0.25, 0.3) is 0 Å². The molecule has 0 unspecified atom stereocenters. The van der Waals surface area contributed by atoms with Crippen LogP contribution in [0.4, 0.5) is 4.79 Å². The maximum atomic E-state index is 10.6. The fourth-order valence-electron chi connectivity index (χ4n) is 0.184. The lowest BCUT2D eigenvalue weighted by atomic mass is 11.0. The fraction of sp³-hybridized carbons (Fsp3) is 0.750. The molecule has 8 heavy (non-hydrogen) atoms. The van der Waals surface area contributed by atoms with Crippen molar-refractivity contribution in [1.29, 1.82) is 0 Å². The van der Waals surface area contributed by atoms with Gasteiger partial charge in [-0.15, -0.1) is 0 Å². The molecule has 48 valence electrons. The number of carbonyl (C=O) groups excluding carboxylic acids is 1. The molecule has 0 saturated heterocycles. The molecule has 0 saturated carbocycles. The number of thioether (sulfide) groups is 1. The molecule has 0 aromatic heterocycles. The molecule has 2 nitrogen and oxygen atoms in total. The minimum atomic E-state index is 0.0556. The van der Waals surface area contributed by atoms with Crippen molar-refractivity contribution in [3.8, 4) is 0 Å². The number of hydrogen-bond acceptors (Lipinski definition) is 3. The highest BCUT2D eigenvalue weighted by Crippen LogP contribution is 2.05. The highest BCUT2D eigenvalue weighted by Gasteiger charge is 1.99. The van der Waals surface area contributed by atoms with Crippen molar-refractivity contribution in [3.63, 3.8) is 0 Å². The first-order valence-corrected chi connectivity index (χ1v) is 3.75. The van der Waals surface area contributed by atoms with Gasteiger partial charge >= 0.3 is 0 Å². The van der Waals surface area contributed by atoms with Crippen molar-refractivity contribution in [3.05, 3.63) is 0 Å². The molecule has 0 radical (unpaired) electrons. The molecule has 0 aromatic carbocycles. The number of nitrogens with zero attached hydrogens (tertiary/aromatic N) is 1. The fourth-order valence-corrected chi connectivity index (χ4v) is 0.884. The molecule has 0 atom stereocenters. The van der Waals surface area contributed by atoms with Gasteiger partial charge in [-0.1, -0.05) is 11.8 Å². The van der Waals surface area contributed by atoms with Crippen LogP contribution < -0.4 is 0 Å². The van der Waals surface area contributed by atoms with E-state index in [0.717, 1.165) is 0 Å². The number of rotatable bonds is 1. The average Bonchev–Trinajstić information content (AvgIpc) is 1.67. The third-order valence-electron chi connectivity index (χ3n) is 0.553. The van der Waals surface area contributed by atoms with Crippen LogP contribution in [0.5, 0.6) is 0 Å². The molecular formula is C4H9NOS2. The summed E-state index contributed by atoms with van der Waals surface area (Å²) in [5, 5.41) is 0.608. The molecular weight excluding hydrogens is 142 g/mol. The molecule has 0 aliphatic heterocycles. The van der Waals surface area contributed by atoms with Gasteiger partial charge < -0.3 is 4.90 Å². The van der Waals surface area contributed by atoms with Crippen molar-refractivity contribution in [2.24, 2.45) is 0 Å². The van der Waals surface area contributed by atoms with Crippen molar-refractivity contribution in [1.82, 2.24) is 4.90 Å². The maximum Gasteiger partial charge on any atom is 0.281 e. The van der Waals surface area contributed by atoms with Gasteiger partial charge in [-0.25, -0.2) is 0 Å². The van der Waals surface area contributed by atoms with E-state index in [2.05, 4.69) is 12.6 Å². The summed E-state index contributed by atoms with van der Waals surface area (Å²) in [4.78, 5) is 12.1. The average molecular weight is 151 g/mol. The normalized spacial score (nSPS) is 8.88. The Balaban J connectivity index is 3.33. The Morgan fingerprint density at radius 2 is 2.25 bits per heavy atom. The first-order chi connectivity index (χ1) is 3.68. The van der Waals surface area contributed by atoms with E-state index in [1.165, 1.54) is 16.7 Å². The molecule has 0 heterocycles. The minimum Gasteiger partial charge on any atom is -0.340 e. The van der Waals surface area contributed by atoms with E-state index in [9.17, 15) is 4.79 Å². The van der Waals surface area contributed by atoms with Crippen molar-refractivity contribution >= 4 is 29.6 Å². The second-order valence-corrected chi connectivity index (χ2v) is 3.10. The Morgan fingerprint density at radius 3 is 2.38 bits per heavy atom. The first kappa shape index (κ1) is 8.17. The summed E-state index contributed by atoms with van der Waals surface area (Å²) >= 11 is 5.06. The molecule has 4 heteroatoms. The zero-order valence-electron chi connectivity index (χ0n) is 4.92. The summed E-state index contributed by atoms with van der Waals surface area (Å²) in [6, 6.07) is 0. The second kappa shape index (κ2) is 4.09. The van der Waals surface area contributed by atoms with Gasteiger partial charge in [-0.3, -0.25) is 4.79 Å². The van der Waals surface area contributed by atoms with E-state index in [0.29, 0.717) is 5.08 Å². The predicted molar refractivity (Wildman–Crippen MR) is 40.5 cm³/mol. The first-order valence-electron chi connectivity index (χ1n) is 2.13. The SMILES string of the molecule is CN(C)C(=O)SCS. The van der Waals surface area contributed by atoms with Crippen molar-refractivity contribution in [2.45, 2.75) is 0 Å². The quantitative estimate of drug-likeness (QED) is 0.450. The number of hydrogen-bond donors (Lipinski definition) is 1. The maximum absolute atomic E-state index is 10.6. The minimum absolute atomic E-state index is 0.0556. The van der Waals surface area contributed by atoms with Gasteiger partial charge in [0.1, 0.15) is 0 Å². The van der Waals surface area contributed by atoms with E-state index < -0.39 is 0 Å². The van der Waals surface area contributed by atoms with Gasteiger partial charge in [0.15, 0.2) is 0 Å². The van der Waals surface area contributed by atoms with Crippen LogP contribution in [0, 0.1) is 0 Å². The summed E-state index contributed by atoms with van der Waals surface area (Å²) in [7, 11) is 3.44. The van der Waals surface area contributed by atoms with Crippen LogP contribution in [0.1, 0.15) is 0 Å². The zero-order chi connectivity index (χ0) is 6.57. The molecule has 1 amide bonds. The molecule has 0 spiro atoms. The Labute approximate surface area is 59.0 Å². The molecule has 0 aliphatic rings. The topological polar surface area (TPSA) is 20.3 Å². The summed E-state index contributed by atoms with van der Waals surface area (Å²) in [6.45, 7) is 0. The van der Waals surface area contributed by atoms with E-state index in [4.69, 9.17) is 0 Å². The van der Waals surface area contributed by atoms with Crippen LogP contribution in [0.2, 0.25) is 0 Å². The second-order valence-electron chi connectivity index (χ2n) is 1.43. The number of amides is 1. The highest BCUT2D eigenvalue weighted by atomic mass is 32.2. The van der Waals surface area contributed by atoms with E-state index in [1.807, 2.05) is 0 Å².